The minimum Gasteiger partial charge on any atom is -0.309 e. The van der Waals surface area contributed by atoms with Crippen LogP contribution in [0.25, 0.3) is 94.1 Å². The molecule has 10 rings (SSSR count). The van der Waals surface area contributed by atoms with Gasteiger partial charge in [0.05, 0.1) is 22.1 Å². The lowest BCUT2D eigenvalue weighted by molar-refractivity contribution is 1.14. The van der Waals surface area contributed by atoms with Gasteiger partial charge in [-0.15, -0.1) is 0 Å². The Balaban J connectivity index is 1.17. The molecule has 0 atom stereocenters. The molecule has 0 bridgehead atoms. The molecule has 0 aliphatic heterocycles. The van der Waals surface area contributed by atoms with Crippen molar-refractivity contribution in [2.75, 3.05) is 0 Å². The topological polar surface area (TPSA) is 9.86 Å². The molecule has 0 aliphatic carbocycles. The van der Waals surface area contributed by atoms with E-state index in [-0.39, 0.29) is 0 Å². The van der Waals surface area contributed by atoms with Crippen molar-refractivity contribution < 1.29 is 0 Å². The fourth-order valence-corrected chi connectivity index (χ4v) is 8.71. The maximum absolute atomic E-state index is 2.44. The molecule has 8 aromatic carbocycles. The molecular weight excluding hydrogens is 641 g/mol. The number of hydrogen-bond acceptors (Lipinski definition) is 0. The SMILES string of the molecule is C/C=C\c1c(-c2ccc3c(c2)c2ccccc2n3-c2ccccc2)ccc(-c2ccc3c(c2)c2ccc4ccccc4c2n3-c2ccccc2)c1CC. The van der Waals surface area contributed by atoms with E-state index in [0.717, 1.165) is 6.42 Å². The Labute approximate surface area is 309 Å². The molecule has 0 saturated heterocycles. The number of para-hydroxylation sites is 3. The number of allylic oxidation sites excluding steroid dienone is 1. The Hall–Kier alpha value is -6.64. The fourth-order valence-electron chi connectivity index (χ4n) is 8.71. The predicted molar refractivity (Wildman–Crippen MR) is 228 cm³/mol. The van der Waals surface area contributed by atoms with Crippen molar-refractivity contribution in [1.82, 2.24) is 9.13 Å². The highest BCUT2D eigenvalue weighted by Crippen LogP contribution is 2.42. The van der Waals surface area contributed by atoms with Crippen LogP contribution in [0.5, 0.6) is 0 Å². The van der Waals surface area contributed by atoms with Crippen LogP contribution >= 0.6 is 0 Å². The third kappa shape index (κ3) is 4.87. The van der Waals surface area contributed by atoms with E-state index in [2.05, 4.69) is 205 Å². The number of nitrogens with zero attached hydrogens (tertiary/aromatic N) is 2. The van der Waals surface area contributed by atoms with E-state index in [1.54, 1.807) is 0 Å². The molecule has 2 heterocycles. The van der Waals surface area contributed by atoms with Gasteiger partial charge < -0.3 is 9.13 Å². The number of aromatic nitrogens is 2. The molecule has 0 spiro atoms. The molecule has 2 nitrogen and oxygen atoms in total. The molecule has 0 unspecified atom stereocenters. The van der Waals surface area contributed by atoms with Gasteiger partial charge in [-0.3, -0.25) is 0 Å². The summed E-state index contributed by atoms with van der Waals surface area (Å²) in [4.78, 5) is 0. The summed E-state index contributed by atoms with van der Waals surface area (Å²) in [6.45, 7) is 4.42. The molecule has 2 heteroatoms. The molecule has 0 aliphatic rings. The second-order valence-electron chi connectivity index (χ2n) is 13.9. The van der Waals surface area contributed by atoms with Crippen LogP contribution in [-0.4, -0.2) is 9.13 Å². The van der Waals surface area contributed by atoms with Gasteiger partial charge in [-0.1, -0.05) is 134 Å². The van der Waals surface area contributed by atoms with Gasteiger partial charge in [0.25, 0.3) is 0 Å². The lowest BCUT2D eigenvalue weighted by atomic mass is 9.87. The Kier molecular flexibility index (Phi) is 7.37. The number of hydrogen-bond donors (Lipinski definition) is 0. The normalized spacial score (nSPS) is 12.0. The monoisotopic (exact) mass is 678 g/mol. The van der Waals surface area contributed by atoms with E-state index >= 15 is 0 Å². The maximum Gasteiger partial charge on any atom is 0.0619 e. The summed E-state index contributed by atoms with van der Waals surface area (Å²) in [6.07, 6.45) is 5.41. The summed E-state index contributed by atoms with van der Waals surface area (Å²) in [7, 11) is 0. The van der Waals surface area contributed by atoms with Crippen LogP contribution in [0.1, 0.15) is 25.0 Å². The second-order valence-corrected chi connectivity index (χ2v) is 13.9. The minimum absolute atomic E-state index is 0.923. The van der Waals surface area contributed by atoms with Crippen molar-refractivity contribution in [3.05, 3.63) is 187 Å². The summed E-state index contributed by atoms with van der Waals surface area (Å²) in [5.41, 5.74) is 14.9. The second kappa shape index (κ2) is 12.5. The quantitative estimate of drug-likeness (QED) is 0.166. The van der Waals surface area contributed by atoms with Gasteiger partial charge in [-0.25, -0.2) is 0 Å². The minimum atomic E-state index is 0.923. The third-order valence-corrected chi connectivity index (χ3v) is 11.0. The molecule has 0 saturated carbocycles. The first-order chi connectivity index (χ1) is 26.2. The molecule has 53 heavy (non-hydrogen) atoms. The first kappa shape index (κ1) is 31.1. The molecule has 0 radical (unpaired) electrons. The summed E-state index contributed by atoms with van der Waals surface area (Å²) < 4.78 is 4.83. The van der Waals surface area contributed by atoms with Gasteiger partial charge in [0.15, 0.2) is 0 Å². The summed E-state index contributed by atoms with van der Waals surface area (Å²) in [6, 6.07) is 62.3. The van der Waals surface area contributed by atoms with Gasteiger partial charge in [0, 0.05) is 38.3 Å². The molecule has 0 amide bonds. The molecule has 252 valence electrons. The van der Waals surface area contributed by atoms with E-state index in [9.17, 15) is 0 Å². The van der Waals surface area contributed by atoms with E-state index in [1.165, 1.54) is 99.1 Å². The Bertz CT molecular complexity index is 3030. The van der Waals surface area contributed by atoms with E-state index in [4.69, 9.17) is 0 Å². The van der Waals surface area contributed by atoms with Crippen LogP contribution in [-0.2, 0) is 6.42 Å². The van der Waals surface area contributed by atoms with Crippen LogP contribution in [0.4, 0.5) is 0 Å². The molecule has 2 aromatic heterocycles. The van der Waals surface area contributed by atoms with E-state index in [0.29, 0.717) is 0 Å². The van der Waals surface area contributed by atoms with E-state index in [1.807, 2.05) is 0 Å². The maximum atomic E-state index is 2.44. The zero-order valence-corrected chi connectivity index (χ0v) is 29.9. The van der Waals surface area contributed by atoms with Crippen molar-refractivity contribution in [3.63, 3.8) is 0 Å². The van der Waals surface area contributed by atoms with Crippen LogP contribution in [0, 0.1) is 0 Å². The molecular formula is C51H38N2. The highest BCUT2D eigenvalue weighted by molar-refractivity contribution is 6.19. The zero-order valence-electron chi connectivity index (χ0n) is 29.9. The third-order valence-electron chi connectivity index (χ3n) is 11.0. The molecule has 10 aromatic rings. The van der Waals surface area contributed by atoms with Crippen LogP contribution in [0.2, 0.25) is 0 Å². The van der Waals surface area contributed by atoms with E-state index < -0.39 is 0 Å². The number of benzene rings is 8. The van der Waals surface area contributed by atoms with Gasteiger partial charge in [0.1, 0.15) is 0 Å². The first-order valence-corrected chi connectivity index (χ1v) is 18.6. The first-order valence-electron chi connectivity index (χ1n) is 18.6. The average Bonchev–Trinajstić information content (AvgIpc) is 3.74. The van der Waals surface area contributed by atoms with Crippen molar-refractivity contribution in [1.29, 1.82) is 0 Å². The molecule has 0 fully saturated rings. The average molecular weight is 679 g/mol. The summed E-state index contributed by atoms with van der Waals surface area (Å²) in [5.74, 6) is 0. The Morgan fingerprint density at radius 1 is 0.453 bits per heavy atom. The fraction of sp³-hybridized carbons (Fsp3) is 0.0588. The van der Waals surface area contributed by atoms with Crippen molar-refractivity contribution in [2.45, 2.75) is 20.3 Å². The summed E-state index contributed by atoms with van der Waals surface area (Å²) in [5, 5.41) is 7.60. The van der Waals surface area contributed by atoms with Crippen LogP contribution in [0.15, 0.2) is 176 Å². The van der Waals surface area contributed by atoms with Gasteiger partial charge in [0.2, 0.25) is 0 Å². The van der Waals surface area contributed by atoms with Gasteiger partial charge in [-0.2, -0.15) is 0 Å². The predicted octanol–water partition coefficient (Wildman–Crippen LogP) is 14.0. The Morgan fingerprint density at radius 2 is 1.02 bits per heavy atom. The smallest absolute Gasteiger partial charge is 0.0619 e. The van der Waals surface area contributed by atoms with Crippen LogP contribution < -0.4 is 0 Å². The number of rotatable bonds is 6. The zero-order chi connectivity index (χ0) is 35.5. The highest BCUT2D eigenvalue weighted by Gasteiger charge is 2.19. The standard InChI is InChI=1S/C51H38N2/c1-3-15-43-39(4-2)40(28-29-41(43)36-25-30-49-46(32-36)44-22-13-14-23-48(44)52(49)37-17-7-5-8-18-37)35-26-31-50-47(33-35)45-27-24-34-16-11-12-21-42(34)51(45)53(50)38-19-9-6-10-20-38/h3,5-33H,4H2,1-2H3/b15-3-. The largest absolute Gasteiger partial charge is 0.309 e. The lowest BCUT2D eigenvalue weighted by Crippen LogP contribution is -1.97. The van der Waals surface area contributed by atoms with Crippen molar-refractivity contribution >= 4 is 60.5 Å². The van der Waals surface area contributed by atoms with Gasteiger partial charge in [-0.05, 0) is 107 Å². The summed E-state index contributed by atoms with van der Waals surface area (Å²) >= 11 is 0. The van der Waals surface area contributed by atoms with Crippen LogP contribution in [0.3, 0.4) is 0 Å². The van der Waals surface area contributed by atoms with Crippen molar-refractivity contribution in [3.8, 4) is 33.6 Å². The van der Waals surface area contributed by atoms with Crippen molar-refractivity contribution in [2.24, 2.45) is 0 Å². The van der Waals surface area contributed by atoms with Gasteiger partial charge >= 0.3 is 0 Å². The lowest BCUT2D eigenvalue weighted by Gasteiger charge is -2.17. The highest BCUT2D eigenvalue weighted by atomic mass is 15.0. The molecule has 0 N–H and O–H groups in total. The Morgan fingerprint density at radius 3 is 1.74 bits per heavy atom. The number of fused-ring (bicyclic) bond motifs is 8.